The molecule has 0 aliphatic carbocycles. The maximum atomic E-state index is 12.0. The predicted molar refractivity (Wildman–Crippen MR) is 74.2 cm³/mol. The minimum absolute atomic E-state index is 0.0537. The van der Waals surface area contributed by atoms with Crippen LogP contribution in [0, 0.1) is 11.8 Å². The Labute approximate surface area is 111 Å². The molecule has 0 radical (unpaired) electrons. The molecule has 0 aliphatic heterocycles. The van der Waals surface area contributed by atoms with Gasteiger partial charge in [0.05, 0.1) is 0 Å². The molecule has 18 heavy (non-hydrogen) atoms. The number of carbonyl (C=O) groups is 2. The second-order valence-electron chi connectivity index (χ2n) is 5.70. The molecular weight excluding hydrogens is 228 g/mol. The van der Waals surface area contributed by atoms with E-state index >= 15 is 0 Å². The van der Waals surface area contributed by atoms with Crippen LogP contribution in [0.2, 0.25) is 0 Å². The molecule has 106 valence electrons. The van der Waals surface area contributed by atoms with Crippen molar-refractivity contribution < 1.29 is 9.59 Å². The van der Waals surface area contributed by atoms with Crippen molar-refractivity contribution >= 4 is 11.8 Å². The number of hydrogen-bond acceptors (Lipinski definition) is 2. The predicted octanol–water partition coefficient (Wildman–Crippen LogP) is 2.04. The van der Waals surface area contributed by atoms with E-state index < -0.39 is 0 Å². The average Bonchev–Trinajstić information content (AvgIpc) is 2.30. The largest absolute Gasteiger partial charge is 0.357 e. The molecule has 0 bridgehead atoms. The first-order valence-corrected chi connectivity index (χ1v) is 6.76. The van der Waals surface area contributed by atoms with Gasteiger partial charge in [0.15, 0.2) is 0 Å². The highest BCUT2D eigenvalue weighted by Crippen LogP contribution is 2.13. The molecule has 0 aromatic carbocycles. The topological polar surface area (TPSA) is 49.4 Å². The van der Waals surface area contributed by atoms with Gasteiger partial charge in [0.25, 0.3) is 0 Å². The fourth-order valence-corrected chi connectivity index (χ4v) is 1.82. The molecule has 0 aromatic rings. The van der Waals surface area contributed by atoms with Crippen LogP contribution >= 0.6 is 0 Å². The summed E-state index contributed by atoms with van der Waals surface area (Å²) in [6, 6.07) is -0.352. The van der Waals surface area contributed by atoms with E-state index in [1.165, 1.54) is 0 Å². The second-order valence-corrected chi connectivity index (χ2v) is 5.70. The van der Waals surface area contributed by atoms with Crippen molar-refractivity contribution in [2.24, 2.45) is 11.8 Å². The van der Waals surface area contributed by atoms with E-state index in [0.717, 1.165) is 6.42 Å². The molecule has 0 aromatic heterocycles. The fourth-order valence-electron chi connectivity index (χ4n) is 1.82. The third-order valence-corrected chi connectivity index (χ3v) is 3.04. The first-order valence-electron chi connectivity index (χ1n) is 6.76. The van der Waals surface area contributed by atoms with Crippen LogP contribution in [0.25, 0.3) is 0 Å². The average molecular weight is 256 g/mol. The van der Waals surface area contributed by atoms with Crippen molar-refractivity contribution in [2.75, 3.05) is 14.1 Å². The van der Waals surface area contributed by atoms with Crippen molar-refractivity contribution in [1.82, 2.24) is 10.2 Å². The minimum atomic E-state index is -0.352. The van der Waals surface area contributed by atoms with Crippen LogP contribution in [0.15, 0.2) is 0 Å². The molecule has 0 aliphatic rings. The highest BCUT2D eigenvalue weighted by Gasteiger charge is 2.26. The second kappa shape index (κ2) is 8.11. The zero-order valence-corrected chi connectivity index (χ0v) is 12.6. The maximum Gasteiger partial charge on any atom is 0.242 e. The van der Waals surface area contributed by atoms with E-state index in [9.17, 15) is 9.59 Å². The van der Waals surface area contributed by atoms with Gasteiger partial charge < -0.3 is 10.2 Å². The fraction of sp³-hybridized carbons (Fsp3) is 0.857. The van der Waals surface area contributed by atoms with Crippen LogP contribution in [-0.4, -0.2) is 36.9 Å². The highest BCUT2D eigenvalue weighted by atomic mass is 16.2. The standard InChI is InChI=1S/C14H28N2O2/c1-10(2)7-8-13(17)16(6)12(9-11(3)4)14(18)15-5/h10-12H,7-9H2,1-6H3,(H,15,18)/t12-/m0/s1. The van der Waals surface area contributed by atoms with Gasteiger partial charge in [-0.05, 0) is 24.7 Å². The van der Waals surface area contributed by atoms with E-state index in [4.69, 9.17) is 0 Å². The summed E-state index contributed by atoms with van der Waals surface area (Å²) < 4.78 is 0. The number of nitrogens with zero attached hydrogens (tertiary/aromatic N) is 1. The molecule has 0 heterocycles. The Bertz CT molecular complexity index is 275. The Morgan fingerprint density at radius 1 is 1.11 bits per heavy atom. The van der Waals surface area contributed by atoms with E-state index in [0.29, 0.717) is 24.7 Å². The van der Waals surface area contributed by atoms with Gasteiger partial charge in [-0.15, -0.1) is 0 Å². The molecule has 1 N–H and O–H groups in total. The first kappa shape index (κ1) is 16.9. The number of amides is 2. The summed E-state index contributed by atoms with van der Waals surface area (Å²) in [5.41, 5.74) is 0. The number of carbonyl (C=O) groups excluding carboxylic acids is 2. The van der Waals surface area contributed by atoms with Gasteiger partial charge in [0, 0.05) is 20.5 Å². The summed E-state index contributed by atoms with van der Waals surface area (Å²) in [5.74, 6) is 0.862. The number of nitrogens with one attached hydrogen (secondary N) is 1. The monoisotopic (exact) mass is 256 g/mol. The Morgan fingerprint density at radius 3 is 2.06 bits per heavy atom. The molecule has 0 saturated heterocycles. The first-order chi connectivity index (χ1) is 8.29. The van der Waals surface area contributed by atoms with Crippen LogP contribution in [0.4, 0.5) is 0 Å². The zero-order valence-electron chi connectivity index (χ0n) is 12.6. The number of likely N-dealkylation sites (N-methyl/N-ethyl adjacent to an activating group) is 2. The third kappa shape index (κ3) is 6.03. The highest BCUT2D eigenvalue weighted by molar-refractivity contribution is 5.87. The molecule has 1 atom stereocenters. The lowest BCUT2D eigenvalue weighted by molar-refractivity contribution is -0.139. The SMILES string of the molecule is CNC(=O)[C@H](CC(C)C)N(C)C(=O)CCC(C)C. The normalized spacial score (nSPS) is 12.7. The van der Waals surface area contributed by atoms with Gasteiger partial charge in [0.1, 0.15) is 6.04 Å². The van der Waals surface area contributed by atoms with Gasteiger partial charge >= 0.3 is 0 Å². The van der Waals surface area contributed by atoms with Crippen LogP contribution in [0.3, 0.4) is 0 Å². The van der Waals surface area contributed by atoms with Crippen LogP contribution in [-0.2, 0) is 9.59 Å². The van der Waals surface area contributed by atoms with Gasteiger partial charge in [-0.25, -0.2) is 0 Å². The summed E-state index contributed by atoms with van der Waals surface area (Å²) in [5, 5.41) is 2.64. The maximum absolute atomic E-state index is 12.0. The van der Waals surface area contributed by atoms with Crippen LogP contribution in [0.5, 0.6) is 0 Å². The van der Waals surface area contributed by atoms with Gasteiger partial charge in [0.2, 0.25) is 11.8 Å². The number of rotatable bonds is 7. The van der Waals surface area contributed by atoms with Crippen LogP contribution < -0.4 is 5.32 Å². The lowest BCUT2D eigenvalue weighted by Crippen LogP contribution is -2.47. The summed E-state index contributed by atoms with van der Waals surface area (Å²) in [6.07, 6.45) is 2.08. The third-order valence-electron chi connectivity index (χ3n) is 3.04. The molecule has 0 rings (SSSR count). The van der Waals surface area contributed by atoms with Crippen molar-refractivity contribution in [1.29, 1.82) is 0 Å². The summed E-state index contributed by atoms with van der Waals surface area (Å²) in [4.78, 5) is 25.5. The molecule has 0 unspecified atom stereocenters. The lowest BCUT2D eigenvalue weighted by atomic mass is 10.0. The zero-order chi connectivity index (χ0) is 14.3. The molecule has 2 amide bonds. The van der Waals surface area contributed by atoms with Crippen molar-refractivity contribution in [3.05, 3.63) is 0 Å². The Balaban J connectivity index is 4.58. The van der Waals surface area contributed by atoms with Gasteiger partial charge in [-0.1, -0.05) is 27.7 Å². The van der Waals surface area contributed by atoms with Gasteiger partial charge in [-0.2, -0.15) is 0 Å². The van der Waals surface area contributed by atoms with Crippen molar-refractivity contribution in [3.63, 3.8) is 0 Å². The summed E-state index contributed by atoms with van der Waals surface area (Å²) >= 11 is 0. The van der Waals surface area contributed by atoms with Crippen molar-refractivity contribution in [2.45, 2.75) is 53.0 Å². The summed E-state index contributed by atoms with van der Waals surface area (Å²) in [6.45, 7) is 8.31. The van der Waals surface area contributed by atoms with E-state index in [1.54, 1.807) is 19.0 Å². The lowest BCUT2D eigenvalue weighted by Gasteiger charge is -2.28. The molecule has 0 fully saturated rings. The van der Waals surface area contributed by atoms with E-state index in [-0.39, 0.29) is 17.9 Å². The van der Waals surface area contributed by atoms with E-state index in [1.807, 2.05) is 0 Å². The molecule has 0 spiro atoms. The van der Waals surface area contributed by atoms with E-state index in [2.05, 4.69) is 33.0 Å². The molecule has 4 heteroatoms. The Kier molecular flexibility index (Phi) is 7.64. The minimum Gasteiger partial charge on any atom is -0.357 e. The Morgan fingerprint density at radius 2 is 1.67 bits per heavy atom. The Hall–Kier alpha value is -1.06. The molecular formula is C14H28N2O2. The summed E-state index contributed by atoms with van der Waals surface area (Å²) in [7, 11) is 3.34. The van der Waals surface area contributed by atoms with Crippen molar-refractivity contribution in [3.8, 4) is 0 Å². The quantitative estimate of drug-likeness (QED) is 0.758. The molecule has 4 nitrogen and oxygen atoms in total. The molecule has 0 saturated carbocycles. The van der Waals surface area contributed by atoms with Crippen LogP contribution in [0.1, 0.15) is 47.0 Å². The van der Waals surface area contributed by atoms with Gasteiger partial charge in [-0.3, -0.25) is 9.59 Å². The smallest absolute Gasteiger partial charge is 0.242 e. The number of hydrogen-bond donors (Lipinski definition) is 1.